The van der Waals surface area contributed by atoms with Gasteiger partial charge in [-0.25, -0.2) is 14.2 Å². The van der Waals surface area contributed by atoms with Gasteiger partial charge in [-0.15, -0.1) is 0 Å². The Morgan fingerprint density at radius 2 is 2.11 bits per heavy atom. The fourth-order valence-electron chi connectivity index (χ4n) is 1.53. The zero-order valence-corrected chi connectivity index (χ0v) is 9.68. The van der Waals surface area contributed by atoms with E-state index < -0.39 is 17.7 Å². The van der Waals surface area contributed by atoms with Crippen molar-refractivity contribution in [3.63, 3.8) is 0 Å². The Morgan fingerprint density at radius 1 is 1.37 bits per heavy atom. The third-order valence-corrected chi connectivity index (χ3v) is 2.47. The number of imidazole rings is 1. The first-order valence-corrected chi connectivity index (χ1v) is 5.38. The standard InChI is InChI=1S/C12H10FN3O3/c13-8-4-2-1-3-7(8)5-14-11(17)9-10(12(18)19)16-6-15-9/h1-4,6H,5H2,(H,14,17)(H,15,16)(H,18,19). The molecule has 0 saturated carbocycles. The van der Waals surface area contributed by atoms with Crippen LogP contribution in [0.2, 0.25) is 0 Å². The summed E-state index contributed by atoms with van der Waals surface area (Å²) in [6.45, 7) is -0.0442. The molecule has 0 aliphatic carbocycles. The van der Waals surface area contributed by atoms with Crippen LogP contribution in [0, 0.1) is 5.82 Å². The number of H-pyrrole nitrogens is 1. The number of aromatic nitrogens is 2. The summed E-state index contributed by atoms with van der Waals surface area (Å²) >= 11 is 0. The van der Waals surface area contributed by atoms with E-state index in [1.807, 2.05) is 0 Å². The number of nitrogens with one attached hydrogen (secondary N) is 2. The van der Waals surface area contributed by atoms with Crippen LogP contribution in [-0.2, 0) is 6.54 Å². The molecule has 3 N–H and O–H groups in total. The highest BCUT2D eigenvalue weighted by molar-refractivity contribution is 6.02. The quantitative estimate of drug-likeness (QED) is 0.771. The number of carbonyl (C=O) groups excluding carboxylic acids is 1. The fourth-order valence-corrected chi connectivity index (χ4v) is 1.53. The van der Waals surface area contributed by atoms with Crippen molar-refractivity contribution in [1.82, 2.24) is 15.3 Å². The fraction of sp³-hybridized carbons (Fsp3) is 0.0833. The van der Waals surface area contributed by atoms with Gasteiger partial charge in [0.1, 0.15) is 5.82 Å². The van der Waals surface area contributed by atoms with Crippen LogP contribution in [-0.4, -0.2) is 27.0 Å². The van der Waals surface area contributed by atoms with Crippen LogP contribution in [0.4, 0.5) is 4.39 Å². The molecule has 19 heavy (non-hydrogen) atoms. The summed E-state index contributed by atoms with van der Waals surface area (Å²) < 4.78 is 13.3. The molecule has 2 aromatic rings. The molecule has 1 aromatic heterocycles. The van der Waals surface area contributed by atoms with E-state index in [0.717, 1.165) is 6.33 Å². The Morgan fingerprint density at radius 3 is 2.79 bits per heavy atom. The average molecular weight is 263 g/mol. The molecule has 7 heteroatoms. The van der Waals surface area contributed by atoms with Gasteiger partial charge in [-0.3, -0.25) is 4.79 Å². The maximum Gasteiger partial charge on any atom is 0.354 e. The molecule has 0 atom stereocenters. The van der Waals surface area contributed by atoms with E-state index in [9.17, 15) is 14.0 Å². The first-order chi connectivity index (χ1) is 9.09. The number of benzene rings is 1. The highest BCUT2D eigenvalue weighted by Crippen LogP contribution is 2.07. The molecule has 0 fully saturated rings. The van der Waals surface area contributed by atoms with Gasteiger partial charge in [0.2, 0.25) is 0 Å². The molecule has 1 amide bonds. The minimum absolute atomic E-state index is 0.0442. The van der Waals surface area contributed by atoms with E-state index in [-0.39, 0.29) is 17.9 Å². The highest BCUT2D eigenvalue weighted by atomic mass is 19.1. The lowest BCUT2D eigenvalue weighted by Crippen LogP contribution is -2.25. The molecule has 6 nitrogen and oxygen atoms in total. The number of carbonyl (C=O) groups is 2. The van der Waals surface area contributed by atoms with Crippen molar-refractivity contribution >= 4 is 11.9 Å². The Bertz CT molecular complexity index is 624. The van der Waals surface area contributed by atoms with Crippen molar-refractivity contribution in [3.8, 4) is 0 Å². The predicted octanol–water partition coefficient (Wildman–Crippen LogP) is 1.18. The minimum Gasteiger partial charge on any atom is -0.477 e. The number of rotatable bonds is 4. The van der Waals surface area contributed by atoms with Crippen molar-refractivity contribution in [1.29, 1.82) is 0 Å². The van der Waals surface area contributed by atoms with Crippen LogP contribution in [0.15, 0.2) is 30.6 Å². The molecule has 0 radical (unpaired) electrons. The molecule has 2 rings (SSSR count). The maximum absolute atomic E-state index is 13.3. The molecule has 0 bridgehead atoms. The van der Waals surface area contributed by atoms with Crippen molar-refractivity contribution in [2.45, 2.75) is 6.54 Å². The van der Waals surface area contributed by atoms with Gasteiger partial charge >= 0.3 is 5.97 Å². The van der Waals surface area contributed by atoms with Gasteiger partial charge < -0.3 is 15.4 Å². The smallest absolute Gasteiger partial charge is 0.354 e. The summed E-state index contributed by atoms with van der Waals surface area (Å²) in [6.07, 6.45) is 1.11. The van der Waals surface area contributed by atoms with E-state index in [0.29, 0.717) is 5.56 Å². The number of halogens is 1. The average Bonchev–Trinajstić information content (AvgIpc) is 2.87. The molecule has 0 spiro atoms. The Labute approximate surface area is 107 Å². The summed E-state index contributed by atoms with van der Waals surface area (Å²) in [5.74, 6) is -2.40. The largest absolute Gasteiger partial charge is 0.477 e. The summed E-state index contributed by atoms with van der Waals surface area (Å²) in [4.78, 5) is 28.5. The van der Waals surface area contributed by atoms with Gasteiger partial charge in [-0.1, -0.05) is 18.2 Å². The number of carboxylic acid groups (broad SMARTS) is 1. The molecule has 0 aliphatic heterocycles. The Kier molecular flexibility index (Phi) is 3.56. The van der Waals surface area contributed by atoms with Gasteiger partial charge in [-0.2, -0.15) is 0 Å². The molecule has 98 valence electrons. The van der Waals surface area contributed by atoms with Crippen LogP contribution >= 0.6 is 0 Å². The number of aromatic carboxylic acids is 1. The first-order valence-electron chi connectivity index (χ1n) is 5.38. The molecular weight excluding hydrogens is 253 g/mol. The topological polar surface area (TPSA) is 95.1 Å². The molecule has 1 aromatic carbocycles. The number of aromatic amines is 1. The minimum atomic E-state index is -1.28. The number of hydrogen-bond acceptors (Lipinski definition) is 3. The van der Waals surface area contributed by atoms with Gasteiger partial charge in [0.05, 0.1) is 6.33 Å². The Hall–Kier alpha value is -2.70. The van der Waals surface area contributed by atoms with E-state index in [1.165, 1.54) is 18.2 Å². The van der Waals surface area contributed by atoms with Gasteiger partial charge in [0.25, 0.3) is 5.91 Å². The Balaban J connectivity index is 2.08. The number of hydrogen-bond donors (Lipinski definition) is 3. The summed E-state index contributed by atoms with van der Waals surface area (Å²) in [5.41, 5.74) is -0.224. The third kappa shape index (κ3) is 2.76. The van der Waals surface area contributed by atoms with Crippen molar-refractivity contribution in [3.05, 3.63) is 53.4 Å². The van der Waals surface area contributed by atoms with Gasteiger partial charge in [0.15, 0.2) is 11.4 Å². The van der Waals surface area contributed by atoms with E-state index in [1.54, 1.807) is 6.07 Å². The van der Waals surface area contributed by atoms with Crippen LogP contribution < -0.4 is 5.32 Å². The van der Waals surface area contributed by atoms with Crippen LogP contribution in [0.1, 0.15) is 26.5 Å². The molecule has 0 unspecified atom stereocenters. The zero-order valence-electron chi connectivity index (χ0n) is 9.68. The molecule has 1 heterocycles. The lowest BCUT2D eigenvalue weighted by molar-refractivity contribution is 0.0685. The van der Waals surface area contributed by atoms with Crippen molar-refractivity contribution in [2.75, 3.05) is 0 Å². The van der Waals surface area contributed by atoms with Crippen molar-refractivity contribution in [2.24, 2.45) is 0 Å². The summed E-state index contributed by atoms with van der Waals surface area (Å²) in [5, 5.41) is 11.2. The SMILES string of the molecule is O=C(NCc1ccccc1F)c1nc[nH]c1C(=O)O. The van der Waals surface area contributed by atoms with E-state index in [4.69, 9.17) is 5.11 Å². The number of amides is 1. The first kappa shape index (κ1) is 12.7. The molecular formula is C12H10FN3O3. The second kappa shape index (κ2) is 5.30. The van der Waals surface area contributed by atoms with E-state index >= 15 is 0 Å². The maximum atomic E-state index is 13.3. The zero-order chi connectivity index (χ0) is 13.8. The summed E-state index contributed by atoms with van der Waals surface area (Å²) in [7, 11) is 0. The van der Waals surface area contributed by atoms with Gasteiger partial charge in [-0.05, 0) is 6.07 Å². The lowest BCUT2D eigenvalue weighted by atomic mass is 10.2. The normalized spacial score (nSPS) is 10.2. The van der Waals surface area contributed by atoms with E-state index in [2.05, 4.69) is 15.3 Å². The third-order valence-electron chi connectivity index (χ3n) is 2.47. The summed E-state index contributed by atoms with van der Waals surface area (Å²) in [6, 6.07) is 5.98. The monoisotopic (exact) mass is 263 g/mol. The number of nitrogens with zero attached hydrogens (tertiary/aromatic N) is 1. The van der Waals surface area contributed by atoms with Crippen LogP contribution in [0.25, 0.3) is 0 Å². The second-order valence-electron chi connectivity index (χ2n) is 3.71. The van der Waals surface area contributed by atoms with Crippen molar-refractivity contribution < 1.29 is 19.1 Å². The van der Waals surface area contributed by atoms with Crippen LogP contribution in [0.3, 0.4) is 0 Å². The molecule has 0 saturated heterocycles. The lowest BCUT2D eigenvalue weighted by Gasteiger charge is -2.05. The number of carboxylic acids is 1. The second-order valence-corrected chi connectivity index (χ2v) is 3.71. The molecule has 0 aliphatic rings. The highest BCUT2D eigenvalue weighted by Gasteiger charge is 2.19. The van der Waals surface area contributed by atoms with Gasteiger partial charge in [0, 0.05) is 12.1 Å². The predicted molar refractivity (Wildman–Crippen MR) is 63.1 cm³/mol. The van der Waals surface area contributed by atoms with Crippen LogP contribution in [0.5, 0.6) is 0 Å².